The van der Waals surface area contributed by atoms with Gasteiger partial charge in [0.15, 0.2) is 0 Å². The highest BCUT2D eigenvalue weighted by molar-refractivity contribution is 5.89. The van der Waals surface area contributed by atoms with Crippen LogP contribution in [-0.4, -0.2) is 64.1 Å². The number of nitrogens with one attached hydrogen (secondary N) is 2. The molecule has 0 unspecified atom stereocenters. The van der Waals surface area contributed by atoms with Crippen LogP contribution in [-0.2, 0) is 4.79 Å². The van der Waals surface area contributed by atoms with Gasteiger partial charge in [0.1, 0.15) is 0 Å². The van der Waals surface area contributed by atoms with Crippen molar-refractivity contribution in [1.29, 1.82) is 0 Å². The third kappa shape index (κ3) is 5.39. The number of piperazine rings is 1. The van der Waals surface area contributed by atoms with Gasteiger partial charge in [-0.2, -0.15) is 0 Å². The molecule has 9 nitrogen and oxygen atoms in total. The molecular formula is C22H25N7O2. The lowest BCUT2D eigenvalue weighted by Crippen LogP contribution is -2.49. The third-order valence-electron chi connectivity index (χ3n) is 5.10. The van der Waals surface area contributed by atoms with Crippen LogP contribution in [0.3, 0.4) is 0 Å². The van der Waals surface area contributed by atoms with Crippen molar-refractivity contribution in [1.82, 2.24) is 24.8 Å². The van der Waals surface area contributed by atoms with E-state index in [1.165, 1.54) is 0 Å². The molecule has 0 bridgehead atoms. The Bertz CT molecular complexity index is 1000. The number of benzene rings is 1. The summed E-state index contributed by atoms with van der Waals surface area (Å²) in [7, 11) is 0. The van der Waals surface area contributed by atoms with Crippen LogP contribution in [0.2, 0.25) is 0 Å². The number of nitrogens with zero attached hydrogens (tertiary/aromatic N) is 5. The van der Waals surface area contributed by atoms with Crippen molar-refractivity contribution in [2.45, 2.75) is 6.42 Å². The van der Waals surface area contributed by atoms with E-state index in [2.05, 4.69) is 25.5 Å². The predicted octanol–water partition coefficient (Wildman–Crippen LogP) is 2.13. The lowest BCUT2D eigenvalue weighted by molar-refractivity contribution is -0.131. The first-order valence-corrected chi connectivity index (χ1v) is 10.3. The molecular weight excluding hydrogens is 394 g/mol. The fourth-order valence-electron chi connectivity index (χ4n) is 3.48. The lowest BCUT2D eigenvalue weighted by Gasteiger charge is -2.34. The van der Waals surface area contributed by atoms with Crippen molar-refractivity contribution in [2.75, 3.05) is 42.9 Å². The van der Waals surface area contributed by atoms with Gasteiger partial charge < -0.3 is 25.0 Å². The van der Waals surface area contributed by atoms with Crippen LogP contribution in [0.15, 0.2) is 67.3 Å². The third-order valence-corrected chi connectivity index (χ3v) is 5.10. The Kier molecular flexibility index (Phi) is 6.41. The fourth-order valence-corrected chi connectivity index (χ4v) is 3.48. The molecule has 4 rings (SSSR count). The summed E-state index contributed by atoms with van der Waals surface area (Å²) < 4.78 is 1.96. The Morgan fingerprint density at radius 1 is 0.935 bits per heavy atom. The SMILES string of the molecule is O=C(NCCC(=O)N1CCN(c2ncccn2)CC1)Nc1cccc(-n2cccc2)c1. The highest BCUT2D eigenvalue weighted by Crippen LogP contribution is 2.15. The zero-order chi connectivity index (χ0) is 21.5. The monoisotopic (exact) mass is 419 g/mol. The van der Waals surface area contributed by atoms with Crippen LogP contribution in [0.1, 0.15) is 6.42 Å². The first-order valence-electron chi connectivity index (χ1n) is 10.3. The molecule has 2 aromatic heterocycles. The van der Waals surface area contributed by atoms with Crippen molar-refractivity contribution in [3.05, 3.63) is 67.3 Å². The average molecular weight is 419 g/mol. The van der Waals surface area contributed by atoms with E-state index in [9.17, 15) is 9.59 Å². The van der Waals surface area contributed by atoms with Gasteiger partial charge in [0.2, 0.25) is 11.9 Å². The summed E-state index contributed by atoms with van der Waals surface area (Å²) in [6.45, 7) is 2.91. The molecule has 0 spiro atoms. The van der Waals surface area contributed by atoms with E-state index in [0.717, 1.165) is 5.69 Å². The van der Waals surface area contributed by atoms with Gasteiger partial charge >= 0.3 is 6.03 Å². The van der Waals surface area contributed by atoms with Crippen LogP contribution in [0.5, 0.6) is 0 Å². The second-order valence-corrected chi connectivity index (χ2v) is 7.19. The molecule has 9 heteroatoms. The first-order chi connectivity index (χ1) is 15.2. The molecule has 31 heavy (non-hydrogen) atoms. The summed E-state index contributed by atoms with van der Waals surface area (Å²) in [5.41, 5.74) is 1.65. The Morgan fingerprint density at radius 3 is 2.42 bits per heavy atom. The van der Waals surface area contributed by atoms with Crippen LogP contribution in [0.25, 0.3) is 5.69 Å². The van der Waals surface area contributed by atoms with Crippen molar-refractivity contribution in [3.8, 4) is 5.69 Å². The van der Waals surface area contributed by atoms with Crippen LogP contribution in [0.4, 0.5) is 16.4 Å². The number of anilines is 2. The van der Waals surface area contributed by atoms with E-state index in [0.29, 0.717) is 37.8 Å². The molecule has 1 fully saturated rings. The van der Waals surface area contributed by atoms with Crippen molar-refractivity contribution >= 4 is 23.6 Å². The number of hydrogen-bond acceptors (Lipinski definition) is 5. The van der Waals surface area contributed by atoms with Crippen molar-refractivity contribution in [2.24, 2.45) is 0 Å². The average Bonchev–Trinajstić information content (AvgIpc) is 3.35. The summed E-state index contributed by atoms with van der Waals surface area (Å²) in [5.74, 6) is 0.720. The lowest BCUT2D eigenvalue weighted by atomic mass is 10.2. The smallest absolute Gasteiger partial charge is 0.319 e. The maximum Gasteiger partial charge on any atom is 0.319 e. The summed E-state index contributed by atoms with van der Waals surface area (Å²) in [5, 5.41) is 5.57. The van der Waals surface area contributed by atoms with Gasteiger partial charge in [-0.05, 0) is 36.4 Å². The number of amides is 3. The Balaban J connectivity index is 1.19. The molecule has 0 atom stereocenters. The Morgan fingerprint density at radius 2 is 1.68 bits per heavy atom. The minimum absolute atomic E-state index is 0.0311. The van der Waals surface area contributed by atoms with Gasteiger partial charge in [0.05, 0.1) is 0 Å². The molecule has 3 heterocycles. The minimum Gasteiger partial charge on any atom is -0.339 e. The molecule has 1 aliphatic rings. The molecule has 3 amide bonds. The molecule has 0 aliphatic carbocycles. The topological polar surface area (TPSA) is 95.4 Å². The predicted molar refractivity (Wildman–Crippen MR) is 118 cm³/mol. The molecule has 1 saturated heterocycles. The van der Waals surface area contributed by atoms with Gasteiger partial charge in [-0.25, -0.2) is 14.8 Å². The highest BCUT2D eigenvalue weighted by atomic mass is 16.2. The molecule has 1 aliphatic heterocycles. The summed E-state index contributed by atoms with van der Waals surface area (Å²) in [4.78, 5) is 37.0. The summed E-state index contributed by atoms with van der Waals surface area (Å²) >= 11 is 0. The minimum atomic E-state index is -0.330. The molecule has 0 radical (unpaired) electrons. The standard InChI is InChI=1S/C22H25N7O2/c30-20(28-13-15-29(16-14-28)21-23-8-4-9-24-21)7-10-25-22(31)26-18-5-3-6-19(17-18)27-11-1-2-12-27/h1-6,8-9,11-12,17H,7,10,13-16H2,(H2,25,26,31). The molecule has 1 aromatic carbocycles. The molecule has 0 saturated carbocycles. The first kappa shape index (κ1) is 20.4. The summed E-state index contributed by atoms with van der Waals surface area (Å²) in [6, 6.07) is 12.9. The van der Waals surface area contributed by atoms with Gasteiger partial charge in [0.25, 0.3) is 0 Å². The number of hydrogen-bond donors (Lipinski definition) is 2. The maximum absolute atomic E-state index is 12.5. The second-order valence-electron chi connectivity index (χ2n) is 7.19. The Hall–Kier alpha value is -3.88. The molecule has 2 N–H and O–H groups in total. The number of carbonyl (C=O) groups excluding carboxylic acids is 2. The quantitative estimate of drug-likeness (QED) is 0.638. The van der Waals surface area contributed by atoms with Crippen LogP contribution >= 0.6 is 0 Å². The zero-order valence-electron chi connectivity index (χ0n) is 17.1. The van der Waals surface area contributed by atoms with Gasteiger partial charge in [-0.15, -0.1) is 0 Å². The van der Waals surface area contributed by atoms with Gasteiger partial charge in [-0.3, -0.25) is 4.79 Å². The van der Waals surface area contributed by atoms with E-state index in [-0.39, 0.29) is 24.9 Å². The van der Waals surface area contributed by atoms with E-state index in [4.69, 9.17) is 0 Å². The number of urea groups is 1. The second kappa shape index (κ2) is 9.75. The largest absolute Gasteiger partial charge is 0.339 e. The zero-order valence-corrected chi connectivity index (χ0v) is 17.1. The number of aromatic nitrogens is 3. The molecule has 160 valence electrons. The van der Waals surface area contributed by atoms with E-state index < -0.39 is 0 Å². The molecule has 3 aromatic rings. The normalized spacial score (nSPS) is 13.7. The van der Waals surface area contributed by atoms with Crippen molar-refractivity contribution in [3.63, 3.8) is 0 Å². The van der Waals surface area contributed by atoms with Crippen molar-refractivity contribution < 1.29 is 9.59 Å². The fraction of sp³-hybridized carbons (Fsp3) is 0.273. The summed E-state index contributed by atoms with van der Waals surface area (Å²) in [6.07, 6.45) is 7.58. The Labute approximate surface area is 180 Å². The van der Waals surface area contributed by atoms with Crippen LogP contribution in [0, 0.1) is 0 Å². The van der Waals surface area contributed by atoms with E-state index in [1.807, 2.05) is 58.3 Å². The van der Waals surface area contributed by atoms with Gasteiger partial charge in [-0.1, -0.05) is 6.07 Å². The van der Waals surface area contributed by atoms with E-state index in [1.54, 1.807) is 18.5 Å². The van der Waals surface area contributed by atoms with Crippen LogP contribution < -0.4 is 15.5 Å². The van der Waals surface area contributed by atoms with Gasteiger partial charge in [0, 0.05) is 75.3 Å². The number of rotatable bonds is 6. The van der Waals surface area contributed by atoms with E-state index >= 15 is 0 Å². The number of carbonyl (C=O) groups is 2. The maximum atomic E-state index is 12.5. The highest BCUT2D eigenvalue weighted by Gasteiger charge is 2.22.